The summed E-state index contributed by atoms with van der Waals surface area (Å²) in [6.45, 7) is 0. The molecular formula is C14H17ClN2O. The maximum atomic E-state index is 8.80. The van der Waals surface area contributed by atoms with Crippen molar-refractivity contribution in [3.05, 3.63) is 28.8 Å². The molecule has 4 heteroatoms. The predicted molar refractivity (Wildman–Crippen MR) is 72.8 cm³/mol. The van der Waals surface area contributed by atoms with Gasteiger partial charge < -0.3 is 10.1 Å². The van der Waals surface area contributed by atoms with Crippen molar-refractivity contribution in [3.63, 3.8) is 0 Å². The third-order valence-electron chi connectivity index (χ3n) is 3.42. The molecule has 0 aliphatic heterocycles. The van der Waals surface area contributed by atoms with Crippen molar-refractivity contribution in [2.24, 2.45) is 0 Å². The molecule has 0 heterocycles. The summed E-state index contributed by atoms with van der Waals surface area (Å²) < 4.78 is 5.41. The number of halogens is 1. The van der Waals surface area contributed by atoms with Crippen LogP contribution in [0.1, 0.15) is 31.2 Å². The summed E-state index contributed by atoms with van der Waals surface area (Å²) >= 11 is 6.15. The summed E-state index contributed by atoms with van der Waals surface area (Å²) in [5.74, 6) is 0. The monoisotopic (exact) mass is 264 g/mol. The third-order valence-corrected chi connectivity index (χ3v) is 3.73. The second kappa shape index (κ2) is 6.08. The number of rotatable bonds is 3. The van der Waals surface area contributed by atoms with Crippen LogP contribution >= 0.6 is 11.6 Å². The van der Waals surface area contributed by atoms with Crippen molar-refractivity contribution in [1.29, 1.82) is 5.26 Å². The minimum Gasteiger partial charge on any atom is -0.381 e. The first-order valence-electron chi connectivity index (χ1n) is 6.22. The molecule has 2 rings (SSSR count). The van der Waals surface area contributed by atoms with Crippen LogP contribution in [-0.4, -0.2) is 19.3 Å². The maximum Gasteiger partial charge on any atom is 0.0992 e. The molecule has 0 spiro atoms. The number of hydrogen-bond acceptors (Lipinski definition) is 3. The molecule has 3 nitrogen and oxygen atoms in total. The van der Waals surface area contributed by atoms with Crippen LogP contribution in [0.15, 0.2) is 18.2 Å². The van der Waals surface area contributed by atoms with Crippen LogP contribution in [0.25, 0.3) is 0 Å². The average molecular weight is 265 g/mol. The Hall–Kier alpha value is -1.24. The lowest BCUT2D eigenvalue weighted by Gasteiger charge is -2.29. The van der Waals surface area contributed by atoms with Gasteiger partial charge in [-0.2, -0.15) is 5.26 Å². The molecule has 18 heavy (non-hydrogen) atoms. The van der Waals surface area contributed by atoms with Crippen LogP contribution in [0.3, 0.4) is 0 Å². The lowest BCUT2D eigenvalue weighted by molar-refractivity contribution is 0.0669. The summed E-state index contributed by atoms with van der Waals surface area (Å²) in [6.07, 6.45) is 4.79. The molecule has 0 radical (unpaired) electrons. The Kier molecular flexibility index (Phi) is 4.46. The quantitative estimate of drug-likeness (QED) is 0.908. The summed E-state index contributed by atoms with van der Waals surface area (Å²) in [5.41, 5.74) is 1.49. The summed E-state index contributed by atoms with van der Waals surface area (Å²) in [7, 11) is 1.77. The second-order valence-corrected chi connectivity index (χ2v) is 5.08. The number of methoxy groups -OCH3 is 1. The zero-order chi connectivity index (χ0) is 13.0. The molecule has 96 valence electrons. The van der Waals surface area contributed by atoms with Crippen LogP contribution in [-0.2, 0) is 4.74 Å². The second-order valence-electron chi connectivity index (χ2n) is 4.67. The fraction of sp³-hybridized carbons (Fsp3) is 0.500. The fourth-order valence-electron chi connectivity index (χ4n) is 2.41. The van der Waals surface area contributed by atoms with Crippen LogP contribution in [0, 0.1) is 11.3 Å². The van der Waals surface area contributed by atoms with Crippen molar-refractivity contribution in [3.8, 4) is 6.07 Å². The highest BCUT2D eigenvalue weighted by Crippen LogP contribution is 2.28. The average Bonchev–Trinajstić information content (AvgIpc) is 2.41. The number of nitriles is 1. The molecule has 0 amide bonds. The van der Waals surface area contributed by atoms with E-state index >= 15 is 0 Å². The number of ether oxygens (including phenoxy) is 1. The summed E-state index contributed by atoms with van der Waals surface area (Å²) in [5, 5.41) is 12.8. The molecule has 0 saturated heterocycles. The Labute approximate surface area is 113 Å². The number of anilines is 1. The van der Waals surface area contributed by atoms with Gasteiger partial charge >= 0.3 is 0 Å². The van der Waals surface area contributed by atoms with E-state index in [0.29, 0.717) is 22.7 Å². The number of benzene rings is 1. The van der Waals surface area contributed by atoms with E-state index in [1.54, 1.807) is 19.2 Å². The van der Waals surface area contributed by atoms with Gasteiger partial charge in [-0.05, 0) is 43.9 Å². The highest BCUT2D eigenvalue weighted by Gasteiger charge is 2.21. The predicted octanol–water partition coefficient (Wildman–Crippen LogP) is 3.58. The molecule has 0 aromatic heterocycles. The van der Waals surface area contributed by atoms with Gasteiger partial charge in [-0.3, -0.25) is 0 Å². The molecule has 1 saturated carbocycles. The van der Waals surface area contributed by atoms with E-state index < -0.39 is 0 Å². The topological polar surface area (TPSA) is 45.0 Å². The Bertz CT molecular complexity index is 456. The first-order valence-corrected chi connectivity index (χ1v) is 6.59. The van der Waals surface area contributed by atoms with Crippen LogP contribution in [0.5, 0.6) is 0 Å². The minimum absolute atomic E-state index is 0.341. The van der Waals surface area contributed by atoms with Crippen molar-refractivity contribution in [1.82, 2.24) is 0 Å². The van der Waals surface area contributed by atoms with E-state index in [1.807, 2.05) is 6.07 Å². The van der Waals surface area contributed by atoms with Crippen LogP contribution < -0.4 is 5.32 Å². The lowest BCUT2D eigenvalue weighted by Crippen LogP contribution is -2.31. The van der Waals surface area contributed by atoms with Crippen LogP contribution in [0.2, 0.25) is 5.02 Å². The van der Waals surface area contributed by atoms with Crippen molar-refractivity contribution >= 4 is 17.3 Å². The van der Waals surface area contributed by atoms with Gasteiger partial charge in [0.1, 0.15) is 0 Å². The van der Waals surface area contributed by atoms with Gasteiger partial charge in [0.25, 0.3) is 0 Å². The van der Waals surface area contributed by atoms with E-state index in [9.17, 15) is 0 Å². The SMILES string of the molecule is COC1CCCC(Nc2ccc(C#N)cc2Cl)C1. The zero-order valence-electron chi connectivity index (χ0n) is 10.4. The Morgan fingerprint density at radius 3 is 2.94 bits per heavy atom. The molecule has 2 atom stereocenters. The van der Waals surface area contributed by atoms with E-state index in [1.165, 1.54) is 6.42 Å². The smallest absolute Gasteiger partial charge is 0.0992 e. The molecule has 1 aromatic rings. The molecule has 1 fully saturated rings. The van der Waals surface area contributed by atoms with E-state index in [4.69, 9.17) is 21.6 Å². The first kappa shape index (κ1) is 13.2. The zero-order valence-corrected chi connectivity index (χ0v) is 11.2. The standard InChI is InChI=1S/C14H17ClN2O/c1-18-12-4-2-3-11(8-12)17-14-6-5-10(9-16)7-13(14)15/h5-7,11-12,17H,2-4,8H2,1H3. The minimum atomic E-state index is 0.341. The van der Waals surface area contributed by atoms with E-state index in [0.717, 1.165) is 24.9 Å². The van der Waals surface area contributed by atoms with Crippen molar-refractivity contribution in [2.45, 2.75) is 37.8 Å². The number of nitrogens with one attached hydrogen (secondary N) is 1. The molecule has 2 unspecified atom stereocenters. The lowest BCUT2D eigenvalue weighted by atomic mass is 9.92. The number of nitrogens with zero attached hydrogens (tertiary/aromatic N) is 1. The third kappa shape index (κ3) is 3.16. The largest absolute Gasteiger partial charge is 0.381 e. The van der Waals surface area contributed by atoms with Gasteiger partial charge in [-0.1, -0.05) is 11.6 Å². The molecule has 1 aromatic carbocycles. The molecule has 1 aliphatic rings. The van der Waals surface area contributed by atoms with Gasteiger partial charge in [0.2, 0.25) is 0 Å². The normalized spacial score (nSPS) is 23.4. The Morgan fingerprint density at radius 2 is 2.28 bits per heavy atom. The first-order chi connectivity index (χ1) is 8.72. The summed E-state index contributed by atoms with van der Waals surface area (Å²) in [6, 6.07) is 7.83. The van der Waals surface area contributed by atoms with Crippen LogP contribution in [0.4, 0.5) is 5.69 Å². The van der Waals surface area contributed by atoms with Gasteiger partial charge in [0.15, 0.2) is 0 Å². The summed E-state index contributed by atoms with van der Waals surface area (Å²) in [4.78, 5) is 0. The van der Waals surface area contributed by atoms with Gasteiger partial charge in [-0.25, -0.2) is 0 Å². The molecule has 1 aliphatic carbocycles. The maximum absolute atomic E-state index is 8.80. The van der Waals surface area contributed by atoms with Gasteiger partial charge in [0, 0.05) is 13.2 Å². The van der Waals surface area contributed by atoms with Crippen molar-refractivity contribution < 1.29 is 4.74 Å². The molecule has 1 N–H and O–H groups in total. The molecular weight excluding hydrogens is 248 g/mol. The van der Waals surface area contributed by atoms with E-state index in [-0.39, 0.29) is 0 Å². The highest BCUT2D eigenvalue weighted by molar-refractivity contribution is 6.33. The number of hydrogen-bond donors (Lipinski definition) is 1. The fourth-order valence-corrected chi connectivity index (χ4v) is 2.65. The highest BCUT2D eigenvalue weighted by atomic mass is 35.5. The van der Waals surface area contributed by atoms with Crippen molar-refractivity contribution in [2.75, 3.05) is 12.4 Å². The van der Waals surface area contributed by atoms with Gasteiger partial charge in [0.05, 0.1) is 28.4 Å². The Balaban J connectivity index is 2.03. The molecule has 0 bridgehead atoms. The van der Waals surface area contributed by atoms with Gasteiger partial charge in [-0.15, -0.1) is 0 Å². The van der Waals surface area contributed by atoms with E-state index in [2.05, 4.69) is 11.4 Å². The Morgan fingerprint density at radius 1 is 1.44 bits per heavy atom.